The highest BCUT2D eigenvalue weighted by atomic mass is 16.2. The van der Waals surface area contributed by atoms with Gasteiger partial charge in [0.05, 0.1) is 0 Å². The molecular weight excluding hydrogens is 312 g/mol. The van der Waals surface area contributed by atoms with Crippen LogP contribution in [-0.4, -0.2) is 36.2 Å². The molecule has 0 aliphatic carbocycles. The van der Waals surface area contributed by atoms with E-state index < -0.39 is 0 Å². The molecular formula is C21H30N2O2. The Morgan fingerprint density at radius 3 is 2.68 bits per heavy atom. The molecule has 1 unspecified atom stereocenters. The van der Waals surface area contributed by atoms with E-state index in [0.29, 0.717) is 5.92 Å². The average Bonchev–Trinajstić information content (AvgIpc) is 2.87. The first-order chi connectivity index (χ1) is 12.1. The summed E-state index contributed by atoms with van der Waals surface area (Å²) < 4.78 is 0. The molecule has 1 aromatic rings. The van der Waals surface area contributed by atoms with Crippen molar-refractivity contribution >= 4 is 11.7 Å². The summed E-state index contributed by atoms with van der Waals surface area (Å²) in [6.45, 7) is 7.24. The van der Waals surface area contributed by atoms with Gasteiger partial charge in [-0.05, 0) is 61.8 Å². The summed E-state index contributed by atoms with van der Waals surface area (Å²) in [4.78, 5) is 26.6. The van der Waals surface area contributed by atoms with E-state index in [-0.39, 0.29) is 17.6 Å². The van der Waals surface area contributed by atoms with Gasteiger partial charge in [0.1, 0.15) is 0 Å². The van der Waals surface area contributed by atoms with Crippen molar-refractivity contribution in [2.24, 2.45) is 11.8 Å². The second kappa shape index (κ2) is 8.13. The number of hydrogen-bond acceptors (Lipinski definition) is 3. The maximum atomic E-state index is 13.2. The molecule has 1 N–H and O–H groups in total. The molecule has 136 valence electrons. The van der Waals surface area contributed by atoms with Crippen molar-refractivity contribution in [3.05, 3.63) is 34.9 Å². The molecule has 1 saturated heterocycles. The number of carbonyl (C=O) groups excluding carboxylic acids is 2. The number of aryl methyl sites for hydroxylation is 1. The quantitative estimate of drug-likeness (QED) is 0.855. The van der Waals surface area contributed by atoms with Crippen LogP contribution < -0.4 is 5.32 Å². The summed E-state index contributed by atoms with van der Waals surface area (Å²) >= 11 is 0. The molecule has 4 heteroatoms. The van der Waals surface area contributed by atoms with Gasteiger partial charge in [-0.25, -0.2) is 0 Å². The van der Waals surface area contributed by atoms with Crippen molar-refractivity contribution in [2.45, 2.75) is 52.5 Å². The van der Waals surface area contributed by atoms with Crippen LogP contribution in [0.1, 0.15) is 61.0 Å². The highest BCUT2D eigenvalue weighted by molar-refractivity contribution is 5.98. The summed E-state index contributed by atoms with van der Waals surface area (Å²) in [6.07, 6.45) is 5.01. The zero-order valence-electron chi connectivity index (χ0n) is 15.5. The Balaban J connectivity index is 1.72. The summed E-state index contributed by atoms with van der Waals surface area (Å²) in [5.74, 6) is 0.905. The second-order valence-corrected chi connectivity index (χ2v) is 7.49. The van der Waals surface area contributed by atoms with Crippen LogP contribution >= 0.6 is 0 Å². The van der Waals surface area contributed by atoms with Crippen LogP contribution in [-0.2, 0) is 17.8 Å². The lowest BCUT2D eigenvalue weighted by molar-refractivity contribution is -0.130. The van der Waals surface area contributed by atoms with Crippen molar-refractivity contribution < 1.29 is 9.59 Å². The normalized spacial score (nSPS) is 19.8. The maximum Gasteiger partial charge on any atom is 0.219 e. The van der Waals surface area contributed by atoms with Crippen molar-refractivity contribution in [1.29, 1.82) is 0 Å². The number of amides is 1. The minimum absolute atomic E-state index is 0.0749. The third-order valence-electron chi connectivity index (χ3n) is 5.94. The third-order valence-corrected chi connectivity index (χ3v) is 5.94. The smallest absolute Gasteiger partial charge is 0.219 e. The highest BCUT2D eigenvalue weighted by Crippen LogP contribution is 2.31. The molecule has 0 aromatic heterocycles. The van der Waals surface area contributed by atoms with Gasteiger partial charge >= 0.3 is 0 Å². The van der Waals surface area contributed by atoms with E-state index in [0.717, 1.165) is 63.8 Å². The molecule has 0 spiro atoms. The number of Topliss-reactive ketones (excluding diaryl/α,β-unsaturated/α-hetero) is 1. The van der Waals surface area contributed by atoms with Gasteiger partial charge in [0.15, 0.2) is 5.78 Å². The Bertz CT molecular complexity index is 633. The Hall–Kier alpha value is -1.68. The van der Waals surface area contributed by atoms with Gasteiger partial charge < -0.3 is 10.2 Å². The topological polar surface area (TPSA) is 49.4 Å². The van der Waals surface area contributed by atoms with E-state index in [1.807, 2.05) is 11.0 Å². The molecule has 1 fully saturated rings. The number of carbonyl (C=O) groups is 2. The van der Waals surface area contributed by atoms with Crippen LogP contribution in [0.25, 0.3) is 0 Å². The first-order valence-electron chi connectivity index (χ1n) is 9.72. The predicted molar refractivity (Wildman–Crippen MR) is 99.6 cm³/mol. The molecule has 2 aliphatic rings. The zero-order valence-corrected chi connectivity index (χ0v) is 15.5. The van der Waals surface area contributed by atoms with Crippen LogP contribution in [0.15, 0.2) is 18.2 Å². The fraction of sp³-hybridized carbons (Fsp3) is 0.619. The Kier molecular flexibility index (Phi) is 5.89. The van der Waals surface area contributed by atoms with Gasteiger partial charge in [0.25, 0.3) is 0 Å². The molecule has 0 radical (unpaired) electrons. The Morgan fingerprint density at radius 1 is 1.24 bits per heavy atom. The first-order valence-corrected chi connectivity index (χ1v) is 9.72. The van der Waals surface area contributed by atoms with Gasteiger partial charge in [-0.1, -0.05) is 19.1 Å². The predicted octanol–water partition coefficient (Wildman–Crippen LogP) is 3.19. The number of hydrogen-bond donors (Lipinski definition) is 1. The van der Waals surface area contributed by atoms with Crippen LogP contribution in [0.4, 0.5) is 0 Å². The van der Waals surface area contributed by atoms with Gasteiger partial charge in [0, 0.05) is 38.0 Å². The van der Waals surface area contributed by atoms with Gasteiger partial charge in [-0.3, -0.25) is 9.59 Å². The van der Waals surface area contributed by atoms with Crippen molar-refractivity contribution in [3.63, 3.8) is 0 Å². The molecule has 2 heterocycles. The minimum Gasteiger partial charge on any atom is -0.343 e. The molecule has 1 aromatic carbocycles. The number of piperidine rings is 1. The van der Waals surface area contributed by atoms with Crippen LogP contribution in [0, 0.1) is 11.8 Å². The summed E-state index contributed by atoms with van der Waals surface area (Å²) in [7, 11) is 0. The number of fused-ring (bicyclic) bond motifs is 1. The SMILES string of the molecule is CCC(C(=O)c1ccc2c(c1)CNCCC2)C1CCN(C(C)=O)CC1. The number of rotatable bonds is 4. The summed E-state index contributed by atoms with van der Waals surface area (Å²) in [6, 6.07) is 6.30. The van der Waals surface area contributed by atoms with E-state index >= 15 is 0 Å². The highest BCUT2D eigenvalue weighted by Gasteiger charge is 2.31. The number of nitrogens with one attached hydrogen (secondary N) is 1. The molecule has 1 amide bonds. The zero-order chi connectivity index (χ0) is 17.8. The minimum atomic E-state index is 0.0749. The van der Waals surface area contributed by atoms with E-state index in [1.54, 1.807) is 6.92 Å². The number of ketones is 1. The van der Waals surface area contributed by atoms with Crippen LogP contribution in [0.2, 0.25) is 0 Å². The van der Waals surface area contributed by atoms with Crippen LogP contribution in [0.3, 0.4) is 0 Å². The van der Waals surface area contributed by atoms with Crippen molar-refractivity contribution in [3.8, 4) is 0 Å². The largest absolute Gasteiger partial charge is 0.343 e. The number of benzene rings is 1. The summed E-state index contributed by atoms with van der Waals surface area (Å²) in [5, 5.41) is 3.44. The average molecular weight is 342 g/mol. The first kappa shape index (κ1) is 18.1. The molecule has 2 aliphatic heterocycles. The van der Waals surface area contributed by atoms with Gasteiger partial charge in [-0.2, -0.15) is 0 Å². The Labute approximate surface area is 151 Å². The molecule has 1 atom stereocenters. The lowest BCUT2D eigenvalue weighted by Gasteiger charge is -2.35. The maximum absolute atomic E-state index is 13.2. The molecule has 25 heavy (non-hydrogen) atoms. The van der Waals surface area contributed by atoms with Gasteiger partial charge in [-0.15, -0.1) is 0 Å². The monoisotopic (exact) mass is 342 g/mol. The lowest BCUT2D eigenvalue weighted by atomic mass is 9.78. The van der Waals surface area contributed by atoms with Crippen molar-refractivity contribution in [2.75, 3.05) is 19.6 Å². The second-order valence-electron chi connectivity index (χ2n) is 7.49. The third kappa shape index (κ3) is 4.12. The van der Waals surface area contributed by atoms with Gasteiger partial charge in [0.2, 0.25) is 5.91 Å². The lowest BCUT2D eigenvalue weighted by Crippen LogP contribution is -2.40. The van der Waals surface area contributed by atoms with Crippen LogP contribution in [0.5, 0.6) is 0 Å². The molecule has 3 rings (SSSR count). The molecule has 0 bridgehead atoms. The van der Waals surface area contributed by atoms with E-state index in [2.05, 4.69) is 24.4 Å². The summed E-state index contributed by atoms with van der Waals surface area (Å²) in [5.41, 5.74) is 3.53. The standard InChI is InChI=1S/C21H30N2O2/c1-3-20(17-8-11-23(12-9-17)15(2)24)21(25)18-7-6-16-5-4-10-22-14-19(16)13-18/h6-7,13,17,20,22H,3-5,8-12,14H2,1-2H3. The van der Waals surface area contributed by atoms with E-state index in [4.69, 9.17) is 0 Å². The fourth-order valence-electron chi connectivity index (χ4n) is 4.38. The number of nitrogens with zero attached hydrogens (tertiary/aromatic N) is 1. The van der Waals surface area contributed by atoms with E-state index in [1.165, 1.54) is 11.1 Å². The number of likely N-dealkylation sites (tertiary alicyclic amines) is 1. The van der Waals surface area contributed by atoms with Crippen molar-refractivity contribution in [1.82, 2.24) is 10.2 Å². The molecule has 0 saturated carbocycles. The van der Waals surface area contributed by atoms with E-state index in [9.17, 15) is 9.59 Å². The molecule has 4 nitrogen and oxygen atoms in total. The Morgan fingerprint density at radius 2 is 2.00 bits per heavy atom. The fourth-order valence-corrected chi connectivity index (χ4v) is 4.38.